The van der Waals surface area contributed by atoms with Gasteiger partial charge in [-0.25, -0.2) is 4.79 Å². The van der Waals surface area contributed by atoms with E-state index < -0.39 is 5.97 Å². The first-order chi connectivity index (χ1) is 17.3. The molecule has 1 unspecified atom stereocenters. The molecule has 7 heteroatoms. The monoisotopic (exact) mass is 518 g/mol. The minimum absolute atomic E-state index is 0.0293. The Morgan fingerprint density at radius 2 is 1.64 bits per heavy atom. The first-order valence-electron chi connectivity index (χ1n) is 11.6. The second-order valence-corrected chi connectivity index (χ2v) is 9.75. The highest BCUT2D eigenvalue weighted by Gasteiger charge is 2.33. The molecule has 4 aromatic rings. The number of hydrogen-bond donors (Lipinski definition) is 1. The van der Waals surface area contributed by atoms with Crippen molar-refractivity contribution >= 4 is 45.7 Å². The van der Waals surface area contributed by atoms with Gasteiger partial charge in [0.05, 0.1) is 30.5 Å². The van der Waals surface area contributed by atoms with Crippen LogP contribution in [0.25, 0.3) is 10.8 Å². The zero-order valence-corrected chi connectivity index (χ0v) is 21.3. The van der Waals surface area contributed by atoms with Crippen LogP contribution in [-0.2, 0) is 0 Å². The van der Waals surface area contributed by atoms with Crippen LogP contribution in [0.15, 0.2) is 84.0 Å². The van der Waals surface area contributed by atoms with Gasteiger partial charge in [-0.1, -0.05) is 53.5 Å². The maximum absolute atomic E-state index is 11.3. The van der Waals surface area contributed by atoms with Crippen molar-refractivity contribution in [1.82, 2.24) is 5.01 Å². The second-order valence-electron chi connectivity index (χ2n) is 8.88. The van der Waals surface area contributed by atoms with E-state index in [1.807, 2.05) is 36.4 Å². The third kappa shape index (κ3) is 4.77. The van der Waals surface area contributed by atoms with Crippen molar-refractivity contribution < 1.29 is 14.6 Å². The fourth-order valence-electron chi connectivity index (χ4n) is 4.68. The number of carboxylic acid groups (broad SMARTS) is 1. The molecular formula is C29H24Cl2N2O3. The van der Waals surface area contributed by atoms with E-state index in [0.717, 1.165) is 38.9 Å². The van der Waals surface area contributed by atoms with Crippen LogP contribution in [0.2, 0.25) is 10.0 Å². The molecule has 1 N–H and O–H groups in total. The Balaban J connectivity index is 1.55. The highest BCUT2D eigenvalue weighted by atomic mass is 35.5. The fourth-order valence-corrected chi connectivity index (χ4v) is 5.21. The highest BCUT2D eigenvalue weighted by Crippen LogP contribution is 2.40. The van der Waals surface area contributed by atoms with Gasteiger partial charge in [-0.05, 0) is 77.4 Å². The van der Waals surface area contributed by atoms with Crippen molar-refractivity contribution in [1.29, 1.82) is 0 Å². The summed E-state index contributed by atoms with van der Waals surface area (Å²) in [4.78, 5) is 11.3. The molecule has 0 saturated carbocycles. The number of fused-ring (bicyclic) bond motifs is 1. The van der Waals surface area contributed by atoms with Crippen LogP contribution in [0, 0.1) is 0 Å². The van der Waals surface area contributed by atoms with Crippen LogP contribution in [0.5, 0.6) is 5.75 Å². The normalized spacial score (nSPS) is 16.2. The molecule has 0 aliphatic carbocycles. The van der Waals surface area contributed by atoms with E-state index in [1.165, 1.54) is 0 Å². The van der Waals surface area contributed by atoms with E-state index in [9.17, 15) is 9.90 Å². The summed E-state index contributed by atoms with van der Waals surface area (Å²) in [5.74, 6) is -0.126. The van der Waals surface area contributed by atoms with Gasteiger partial charge in [0.25, 0.3) is 0 Å². The predicted molar refractivity (Wildman–Crippen MR) is 145 cm³/mol. The molecule has 0 saturated heterocycles. The molecule has 0 aromatic heterocycles. The van der Waals surface area contributed by atoms with Crippen molar-refractivity contribution in [3.63, 3.8) is 0 Å². The Bertz CT molecular complexity index is 1460. The lowest BCUT2D eigenvalue weighted by Gasteiger charge is -2.30. The quantitative estimate of drug-likeness (QED) is 0.283. The number of hydrogen-bond acceptors (Lipinski definition) is 4. The summed E-state index contributed by atoms with van der Waals surface area (Å²) in [5, 5.41) is 19.7. The molecule has 0 radical (unpaired) electrons. The minimum atomic E-state index is -0.945. The second kappa shape index (κ2) is 9.84. The molecule has 0 fully saturated rings. The van der Waals surface area contributed by atoms with Crippen LogP contribution < -0.4 is 4.74 Å². The SMILES string of the molecule is COc1ccc2cc(C3CC(c4cc(Cl)cc(Cl)c4)=NN3[C@@H](C)c3ccc(C(=O)O)cc3)ccc2c1. The molecule has 0 spiro atoms. The van der Waals surface area contributed by atoms with Crippen molar-refractivity contribution in [3.8, 4) is 5.75 Å². The molecule has 1 aliphatic rings. The van der Waals surface area contributed by atoms with Crippen molar-refractivity contribution in [2.24, 2.45) is 5.10 Å². The summed E-state index contributed by atoms with van der Waals surface area (Å²) in [5.41, 5.74) is 4.15. The zero-order valence-electron chi connectivity index (χ0n) is 19.8. The first-order valence-corrected chi connectivity index (χ1v) is 12.3. The summed E-state index contributed by atoms with van der Waals surface area (Å²) >= 11 is 12.6. The molecule has 1 heterocycles. The van der Waals surface area contributed by atoms with Crippen molar-refractivity contribution in [3.05, 3.63) is 111 Å². The number of ether oxygens (including phenoxy) is 1. The lowest BCUT2D eigenvalue weighted by Crippen LogP contribution is -2.23. The Hall–Kier alpha value is -3.54. The number of benzene rings is 4. The van der Waals surface area contributed by atoms with Gasteiger partial charge < -0.3 is 9.84 Å². The van der Waals surface area contributed by atoms with Gasteiger partial charge >= 0.3 is 5.97 Å². The van der Waals surface area contributed by atoms with Crippen LogP contribution in [-0.4, -0.2) is 28.9 Å². The Morgan fingerprint density at radius 1 is 0.972 bits per heavy atom. The number of carboxylic acids is 1. The molecule has 5 rings (SSSR count). The van der Waals surface area contributed by atoms with Gasteiger partial charge in [-0.3, -0.25) is 5.01 Å². The van der Waals surface area contributed by atoms with Gasteiger partial charge in [0.15, 0.2) is 0 Å². The van der Waals surface area contributed by atoms with Crippen LogP contribution >= 0.6 is 23.2 Å². The van der Waals surface area contributed by atoms with Crippen molar-refractivity contribution in [2.75, 3.05) is 7.11 Å². The summed E-state index contributed by atoms with van der Waals surface area (Å²) in [7, 11) is 1.66. The molecule has 0 bridgehead atoms. The summed E-state index contributed by atoms with van der Waals surface area (Å²) in [6, 6.07) is 24.8. The molecule has 4 aromatic carbocycles. The van der Waals surface area contributed by atoms with E-state index in [1.54, 1.807) is 25.3 Å². The van der Waals surface area contributed by atoms with E-state index in [2.05, 4.69) is 36.2 Å². The molecule has 2 atom stereocenters. The maximum Gasteiger partial charge on any atom is 0.335 e. The van der Waals surface area contributed by atoms with Crippen LogP contribution in [0.4, 0.5) is 0 Å². The molecule has 182 valence electrons. The summed E-state index contributed by atoms with van der Waals surface area (Å²) in [6.07, 6.45) is 0.676. The largest absolute Gasteiger partial charge is 0.497 e. The number of carbonyl (C=O) groups is 1. The smallest absolute Gasteiger partial charge is 0.335 e. The van der Waals surface area contributed by atoms with Gasteiger partial charge in [0, 0.05) is 22.0 Å². The number of nitrogens with zero attached hydrogens (tertiary/aromatic N) is 2. The number of rotatable bonds is 6. The van der Waals surface area contributed by atoms with E-state index in [4.69, 9.17) is 33.0 Å². The van der Waals surface area contributed by atoms with Crippen molar-refractivity contribution in [2.45, 2.75) is 25.4 Å². The van der Waals surface area contributed by atoms with Gasteiger partial charge in [-0.15, -0.1) is 0 Å². The molecule has 36 heavy (non-hydrogen) atoms. The van der Waals surface area contributed by atoms with Crippen LogP contribution in [0.1, 0.15) is 52.5 Å². The zero-order chi connectivity index (χ0) is 25.4. The van der Waals surface area contributed by atoms with Crippen LogP contribution in [0.3, 0.4) is 0 Å². The Morgan fingerprint density at radius 3 is 2.31 bits per heavy atom. The lowest BCUT2D eigenvalue weighted by molar-refractivity contribution is 0.0696. The third-order valence-corrected chi connectivity index (χ3v) is 7.07. The summed E-state index contributed by atoms with van der Waals surface area (Å²) < 4.78 is 5.37. The molecule has 5 nitrogen and oxygen atoms in total. The number of hydrazone groups is 1. The average molecular weight is 519 g/mol. The van der Waals surface area contributed by atoms with E-state index in [-0.39, 0.29) is 17.6 Å². The lowest BCUT2D eigenvalue weighted by atomic mass is 9.95. The number of methoxy groups -OCH3 is 1. The fraction of sp³-hybridized carbons (Fsp3) is 0.172. The number of aromatic carboxylic acids is 1. The van der Waals surface area contributed by atoms with E-state index >= 15 is 0 Å². The molecule has 1 aliphatic heterocycles. The third-order valence-electron chi connectivity index (χ3n) is 6.63. The predicted octanol–water partition coefficient (Wildman–Crippen LogP) is 7.77. The molecular weight excluding hydrogens is 495 g/mol. The Labute approximate surface area is 219 Å². The average Bonchev–Trinajstić information content (AvgIpc) is 3.33. The summed E-state index contributed by atoms with van der Waals surface area (Å²) in [6.45, 7) is 2.08. The van der Waals surface area contributed by atoms with Gasteiger partial charge in [-0.2, -0.15) is 5.10 Å². The minimum Gasteiger partial charge on any atom is -0.497 e. The number of halogens is 2. The van der Waals surface area contributed by atoms with Gasteiger partial charge in [0.1, 0.15) is 5.75 Å². The topological polar surface area (TPSA) is 62.1 Å². The van der Waals surface area contributed by atoms with Gasteiger partial charge in [0.2, 0.25) is 0 Å². The maximum atomic E-state index is 11.3. The Kier molecular flexibility index (Phi) is 6.61. The van der Waals surface area contributed by atoms with E-state index in [0.29, 0.717) is 16.5 Å². The molecule has 0 amide bonds. The highest BCUT2D eigenvalue weighted by molar-refractivity contribution is 6.35. The first kappa shape index (κ1) is 24.2. The standard InChI is InChI=1S/C29H24Cl2N2O3/c1-17(18-3-5-19(6-4-18)29(34)35)33-28(16-27(32-33)23-12-24(30)15-25(31)13-23)22-8-7-21-14-26(36-2)10-9-20(21)11-22/h3-15,17,28H,16H2,1-2H3,(H,34,35)/t17-,28?/m0/s1.